The highest BCUT2D eigenvalue weighted by molar-refractivity contribution is 6.32. The molecule has 1 amide bonds. The zero-order chi connectivity index (χ0) is 23.8. The lowest BCUT2D eigenvalue weighted by Crippen LogP contribution is -2.17. The third-order valence-electron chi connectivity index (χ3n) is 4.32. The molecule has 3 aromatic carbocycles. The van der Waals surface area contributed by atoms with E-state index in [9.17, 15) is 9.59 Å². The monoisotopic (exact) mass is 486 g/mol. The fraction of sp³-hybridized carbons (Fsp3) is 0.125. The van der Waals surface area contributed by atoms with Gasteiger partial charge in [0, 0.05) is 10.6 Å². The zero-order valence-electron chi connectivity index (χ0n) is 17.8. The number of methoxy groups -OCH3 is 1. The highest BCUT2D eigenvalue weighted by Crippen LogP contribution is 2.37. The van der Waals surface area contributed by atoms with Crippen LogP contribution in [0.2, 0.25) is 10.0 Å². The van der Waals surface area contributed by atoms with Gasteiger partial charge in [0.15, 0.2) is 11.5 Å². The van der Waals surface area contributed by atoms with Crippen LogP contribution < -0.4 is 19.6 Å². The molecule has 0 aliphatic rings. The molecule has 0 aliphatic carbocycles. The molecule has 0 unspecified atom stereocenters. The topological polar surface area (TPSA) is 86.2 Å². The summed E-state index contributed by atoms with van der Waals surface area (Å²) in [6.07, 6.45) is 1.39. The smallest absolute Gasteiger partial charge is 0.343 e. The highest BCUT2D eigenvalue weighted by atomic mass is 35.5. The molecule has 0 radical (unpaired) electrons. The van der Waals surface area contributed by atoms with Crippen molar-refractivity contribution in [3.05, 3.63) is 87.4 Å². The van der Waals surface area contributed by atoms with E-state index in [1.54, 1.807) is 55.5 Å². The summed E-state index contributed by atoms with van der Waals surface area (Å²) in [5.41, 5.74) is 3.63. The predicted octanol–water partition coefficient (Wildman–Crippen LogP) is 5.38. The molecular formula is C24H20Cl2N2O5. The summed E-state index contributed by atoms with van der Waals surface area (Å²) in [7, 11) is 1.54. The highest BCUT2D eigenvalue weighted by Gasteiger charge is 2.17. The Labute approximate surface area is 200 Å². The number of rotatable bonds is 8. The van der Waals surface area contributed by atoms with Crippen LogP contribution in [-0.4, -0.2) is 31.8 Å². The van der Waals surface area contributed by atoms with E-state index in [0.717, 1.165) is 0 Å². The van der Waals surface area contributed by atoms with Crippen molar-refractivity contribution in [2.75, 3.05) is 13.7 Å². The average molecular weight is 487 g/mol. The molecule has 0 aliphatic heterocycles. The van der Waals surface area contributed by atoms with Gasteiger partial charge in [-0.1, -0.05) is 29.3 Å². The summed E-state index contributed by atoms with van der Waals surface area (Å²) in [5, 5.41) is 4.53. The Balaban J connectivity index is 1.76. The second kappa shape index (κ2) is 11.4. The fourth-order valence-corrected chi connectivity index (χ4v) is 3.21. The maximum atomic E-state index is 12.6. The Morgan fingerprint density at radius 3 is 2.45 bits per heavy atom. The first-order valence-corrected chi connectivity index (χ1v) is 10.6. The molecule has 1 N–H and O–H groups in total. The van der Waals surface area contributed by atoms with Gasteiger partial charge in [0.2, 0.25) is 0 Å². The third kappa shape index (κ3) is 6.47. The summed E-state index contributed by atoms with van der Waals surface area (Å²) >= 11 is 12.3. The van der Waals surface area contributed by atoms with Crippen molar-refractivity contribution in [3.63, 3.8) is 0 Å². The van der Waals surface area contributed by atoms with Crippen LogP contribution in [0.5, 0.6) is 17.2 Å². The van der Waals surface area contributed by atoms with Gasteiger partial charge >= 0.3 is 5.97 Å². The zero-order valence-corrected chi connectivity index (χ0v) is 19.3. The number of esters is 1. The number of halogens is 2. The van der Waals surface area contributed by atoms with Crippen molar-refractivity contribution in [1.82, 2.24) is 5.43 Å². The summed E-state index contributed by atoms with van der Waals surface area (Å²) in [6.45, 7) is 2.10. The molecule has 0 saturated heterocycles. The lowest BCUT2D eigenvalue weighted by molar-refractivity contribution is 0.0728. The van der Waals surface area contributed by atoms with Crippen molar-refractivity contribution in [3.8, 4) is 17.2 Å². The van der Waals surface area contributed by atoms with Crippen molar-refractivity contribution < 1.29 is 23.8 Å². The van der Waals surface area contributed by atoms with Crippen LogP contribution in [0.1, 0.15) is 33.2 Å². The Hall–Kier alpha value is -3.55. The Bertz CT molecular complexity index is 1180. The number of carbonyl (C=O) groups is 2. The van der Waals surface area contributed by atoms with E-state index in [1.165, 1.54) is 25.5 Å². The summed E-state index contributed by atoms with van der Waals surface area (Å²) < 4.78 is 16.2. The minimum absolute atomic E-state index is 0.0828. The van der Waals surface area contributed by atoms with Crippen molar-refractivity contribution in [2.24, 2.45) is 5.10 Å². The fourth-order valence-electron chi connectivity index (χ4n) is 2.76. The molecule has 170 valence electrons. The molecule has 33 heavy (non-hydrogen) atoms. The number of hydrogen-bond acceptors (Lipinski definition) is 6. The van der Waals surface area contributed by atoms with Gasteiger partial charge < -0.3 is 14.2 Å². The van der Waals surface area contributed by atoms with E-state index in [2.05, 4.69) is 10.5 Å². The van der Waals surface area contributed by atoms with E-state index in [4.69, 9.17) is 37.4 Å². The molecule has 7 nitrogen and oxygen atoms in total. The minimum Gasteiger partial charge on any atom is -0.497 e. The van der Waals surface area contributed by atoms with Gasteiger partial charge in [-0.2, -0.15) is 5.10 Å². The second-order valence-electron chi connectivity index (χ2n) is 6.59. The first kappa shape index (κ1) is 24.1. The number of ether oxygens (including phenoxy) is 3. The van der Waals surface area contributed by atoms with Crippen molar-refractivity contribution in [1.29, 1.82) is 0 Å². The molecule has 9 heteroatoms. The van der Waals surface area contributed by atoms with Crippen LogP contribution in [0.25, 0.3) is 0 Å². The molecular weight excluding hydrogens is 467 g/mol. The van der Waals surface area contributed by atoms with Crippen LogP contribution in [0.15, 0.2) is 65.8 Å². The molecule has 0 aromatic heterocycles. The van der Waals surface area contributed by atoms with Gasteiger partial charge in [0.1, 0.15) is 5.75 Å². The molecule has 0 saturated carbocycles. The molecule has 0 fully saturated rings. The number of carbonyl (C=O) groups excluding carboxylic acids is 2. The lowest BCUT2D eigenvalue weighted by atomic mass is 10.2. The minimum atomic E-state index is -0.601. The first-order chi connectivity index (χ1) is 15.9. The Morgan fingerprint density at radius 1 is 1.03 bits per heavy atom. The van der Waals surface area contributed by atoms with Gasteiger partial charge in [-0.25, -0.2) is 10.2 Å². The van der Waals surface area contributed by atoms with E-state index in [0.29, 0.717) is 34.1 Å². The Kier molecular flexibility index (Phi) is 8.29. The summed E-state index contributed by atoms with van der Waals surface area (Å²) in [4.78, 5) is 24.7. The second-order valence-corrected chi connectivity index (χ2v) is 7.43. The van der Waals surface area contributed by atoms with E-state index >= 15 is 0 Å². The van der Waals surface area contributed by atoms with Gasteiger partial charge in [-0.3, -0.25) is 4.79 Å². The SMILES string of the molecule is CCOc1cc(C=NNC(=O)c2cccc(Cl)c2)cc(Cl)c1OC(=O)c1ccc(OC)cc1. The molecule has 3 rings (SSSR count). The summed E-state index contributed by atoms with van der Waals surface area (Å²) in [5.74, 6) is -0.0646. The standard InChI is InChI=1S/C24H20Cl2N2O5/c1-3-32-21-12-15(14-27-28-23(29)17-5-4-6-18(25)13-17)11-20(26)22(21)33-24(30)16-7-9-19(31-2)10-8-16/h4-14H,3H2,1-2H3,(H,28,29). The van der Waals surface area contributed by atoms with Crippen LogP contribution in [-0.2, 0) is 0 Å². The quantitative estimate of drug-likeness (QED) is 0.200. The number of amides is 1. The van der Waals surface area contributed by atoms with Gasteiger partial charge in [-0.05, 0) is 67.1 Å². The molecule has 0 heterocycles. The summed E-state index contributed by atoms with van der Waals surface area (Å²) in [6, 6.07) is 16.1. The van der Waals surface area contributed by atoms with E-state index in [-0.39, 0.29) is 16.5 Å². The van der Waals surface area contributed by atoms with Gasteiger partial charge in [0.25, 0.3) is 5.91 Å². The average Bonchev–Trinajstić information content (AvgIpc) is 2.81. The normalized spacial score (nSPS) is 10.7. The predicted molar refractivity (Wildman–Crippen MR) is 127 cm³/mol. The van der Waals surface area contributed by atoms with Gasteiger partial charge in [0.05, 0.1) is 30.5 Å². The maximum absolute atomic E-state index is 12.6. The molecule has 0 atom stereocenters. The number of hydrazone groups is 1. The van der Waals surface area contributed by atoms with Gasteiger partial charge in [-0.15, -0.1) is 0 Å². The van der Waals surface area contributed by atoms with Crippen molar-refractivity contribution in [2.45, 2.75) is 6.92 Å². The lowest BCUT2D eigenvalue weighted by Gasteiger charge is -2.13. The number of benzene rings is 3. The first-order valence-electron chi connectivity index (χ1n) is 9.82. The van der Waals surface area contributed by atoms with Crippen LogP contribution in [0.3, 0.4) is 0 Å². The number of nitrogens with zero attached hydrogens (tertiary/aromatic N) is 1. The number of nitrogens with one attached hydrogen (secondary N) is 1. The molecule has 0 spiro atoms. The largest absolute Gasteiger partial charge is 0.497 e. The maximum Gasteiger partial charge on any atom is 0.343 e. The van der Waals surface area contributed by atoms with E-state index < -0.39 is 11.9 Å². The third-order valence-corrected chi connectivity index (χ3v) is 4.83. The van der Waals surface area contributed by atoms with Crippen LogP contribution >= 0.6 is 23.2 Å². The molecule has 3 aromatic rings. The number of hydrogen-bond donors (Lipinski definition) is 1. The van der Waals surface area contributed by atoms with Crippen molar-refractivity contribution >= 4 is 41.3 Å². The van der Waals surface area contributed by atoms with E-state index in [1.807, 2.05) is 0 Å². The van der Waals surface area contributed by atoms with Crippen LogP contribution in [0, 0.1) is 0 Å². The molecule has 0 bridgehead atoms. The Morgan fingerprint density at radius 2 is 1.79 bits per heavy atom. The van der Waals surface area contributed by atoms with Crippen LogP contribution in [0.4, 0.5) is 0 Å².